The maximum atomic E-state index is 13.6. The van der Waals surface area contributed by atoms with Crippen LogP contribution in [0.15, 0.2) is 39.8 Å². The molecule has 0 saturated heterocycles. The van der Waals surface area contributed by atoms with Crippen LogP contribution in [0.2, 0.25) is 0 Å². The summed E-state index contributed by atoms with van der Waals surface area (Å²) in [5.74, 6) is 1.77. The van der Waals surface area contributed by atoms with E-state index in [1.54, 1.807) is 46.6 Å². The number of rotatable bonds is 6. The molecule has 0 aromatic heterocycles. The number of nitrogens with zero attached hydrogens (tertiary/aromatic N) is 1. The fourth-order valence-corrected chi connectivity index (χ4v) is 2.55. The number of nitrogens with one attached hydrogen (secondary N) is 2. The van der Waals surface area contributed by atoms with Gasteiger partial charge in [-0.15, -0.1) is 0 Å². The topological polar surface area (TPSA) is 64.1 Å². The molecule has 8 heteroatoms. The van der Waals surface area contributed by atoms with Crippen LogP contribution in [0.5, 0.6) is 17.2 Å². The summed E-state index contributed by atoms with van der Waals surface area (Å²) in [5, 5.41) is 6.27. The first-order valence-corrected chi connectivity index (χ1v) is 8.53. The number of guanidine groups is 1. The van der Waals surface area contributed by atoms with Crippen molar-refractivity contribution in [3.63, 3.8) is 0 Å². The minimum absolute atomic E-state index is 0.308. The van der Waals surface area contributed by atoms with Crippen LogP contribution in [0.1, 0.15) is 5.56 Å². The Balaban J connectivity index is 2.13. The van der Waals surface area contributed by atoms with Crippen LogP contribution in [0.25, 0.3) is 0 Å². The molecule has 0 aliphatic heterocycles. The number of hydrogen-bond donors (Lipinski definition) is 2. The predicted molar refractivity (Wildman–Crippen MR) is 104 cm³/mol. The van der Waals surface area contributed by atoms with E-state index >= 15 is 0 Å². The quantitative estimate of drug-likeness (QED) is 0.544. The highest BCUT2D eigenvalue weighted by Gasteiger charge is 2.14. The first kappa shape index (κ1) is 19.8. The van der Waals surface area contributed by atoms with Crippen molar-refractivity contribution in [2.45, 2.75) is 6.54 Å². The first-order chi connectivity index (χ1) is 12.5. The van der Waals surface area contributed by atoms with E-state index in [0.717, 1.165) is 5.56 Å². The fraction of sp³-hybridized carbons (Fsp3) is 0.278. The van der Waals surface area contributed by atoms with Crippen LogP contribution in [0, 0.1) is 5.82 Å². The number of aliphatic imine (C=N–C) groups is 1. The van der Waals surface area contributed by atoms with E-state index in [1.165, 1.54) is 6.07 Å². The van der Waals surface area contributed by atoms with Gasteiger partial charge in [-0.2, -0.15) is 0 Å². The Morgan fingerprint density at radius 2 is 1.73 bits per heavy atom. The van der Waals surface area contributed by atoms with E-state index < -0.39 is 0 Å². The summed E-state index contributed by atoms with van der Waals surface area (Å²) >= 11 is 3.14. The van der Waals surface area contributed by atoms with Gasteiger partial charge >= 0.3 is 0 Å². The smallest absolute Gasteiger partial charge is 0.203 e. The zero-order valence-corrected chi connectivity index (χ0v) is 16.6. The number of ether oxygens (including phenoxy) is 3. The van der Waals surface area contributed by atoms with Crippen molar-refractivity contribution >= 4 is 27.6 Å². The molecule has 0 aliphatic rings. The Labute approximate surface area is 160 Å². The Morgan fingerprint density at radius 1 is 1.08 bits per heavy atom. The van der Waals surface area contributed by atoms with Gasteiger partial charge in [0.2, 0.25) is 5.75 Å². The van der Waals surface area contributed by atoms with Crippen molar-refractivity contribution < 1.29 is 18.6 Å². The second kappa shape index (κ2) is 9.28. The van der Waals surface area contributed by atoms with E-state index in [2.05, 4.69) is 31.6 Å². The molecule has 0 bridgehead atoms. The molecule has 0 aliphatic carbocycles. The molecule has 0 atom stereocenters. The summed E-state index contributed by atoms with van der Waals surface area (Å²) in [6.07, 6.45) is 0. The van der Waals surface area contributed by atoms with Gasteiger partial charge in [-0.25, -0.2) is 4.39 Å². The maximum Gasteiger partial charge on any atom is 0.203 e. The predicted octanol–water partition coefficient (Wildman–Crippen LogP) is 3.80. The Hall–Kier alpha value is -2.48. The molecule has 0 amide bonds. The van der Waals surface area contributed by atoms with Crippen LogP contribution in [0.4, 0.5) is 10.1 Å². The zero-order chi connectivity index (χ0) is 19.1. The second-order valence-electron chi connectivity index (χ2n) is 5.21. The van der Waals surface area contributed by atoms with Crippen molar-refractivity contribution in [2.24, 2.45) is 4.99 Å². The molecule has 140 valence electrons. The minimum Gasteiger partial charge on any atom is -0.493 e. The summed E-state index contributed by atoms with van der Waals surface area (Å²) in [5.41, 5.74) is 1.49. The van der Waals surface area contributed by atoms with Crippen molar-refractivity contribution in [3.05, 3.63) is 46.2 Å². The van der Waals surface area contributed by atoms with E-state index in [-0.39, 0.29) is 5.82 Å². The molecule has 2 rings (SSSR count). The largest absolute Gasteiger partial charge is 0.493 e. The molecular formula is C18H21BrFN3O3. The Morgan fingerprint density at radius 3 is 2.23 bits per heavy atom. The highest BCUT2D eigenvalue weighted by molar-refractivity contribution is 9.10. The number of methoxy groups -OCH3 is 3. The zero-order valence-electron chi connectivity index (χ0n) is 15.0. The van der Waals surface area contributed by atoms with Crippen LogP contribution in [-0.2, 0) is 6.54 Å². The van der Waals surface area contributed by atoms with Crippen LogP contribution in [0.3, 0.4) is 0 Å². The van der Waals surface area contributed by atoms with Crippen molar-refractivity contribution in [3.8, 4) is 17.2 Å². The third-order valence-corrected chi connectivity index (χ3v) is 4.24. The van der Waals surface area contributed by atoms with Gasteiger partial charge in [-0.1, -0.05) is 6.07 Å². The molecule has 6 nitrogen and oxygen atoms in total. The normalized spacial score (nSPS) is 11.1. The average Bonchev–Trinajstić information content (AvgIpc) is 2.66. The highest BCUT2D eigenvalue weighted by Crippen LogP contribution is 2.39. The fourth-order valence-electron chi connectivity index (χ4n) is 2.30. The lowest BCUT2D eigenvalue weighted by Crippen LogP contribution is -2.30. The van der Waals surface area contributed by atoms with Gasteiger partial charge in [0.1, 0.15) is 5.82 Å². The Kier molecular flexibility index (Phi) is 7.08. The lowest BCUT2D eigenvalue weighted by Gasteiger charge is -2.16. The number of halogens is 2. The van der Waals surface area contributed by atoms with Crippen LogP contribution >= 0.6 is 15.9 Å². The number of benzene rings is 2. The van der Waals surface area contributed by atoms with Crippen molar-refractivity contribution in [1.82, 2.24) is 5.32 Å². The standard InChI is InChI=1S/C18H21BrFN3O3/c1-21-18(22-10-11-5-6-13(19)14(20)7-11)23-12-8-15(24-2)17(26-4)16(9-12)25-3/h5-9H,10H2,1-4H3,(H2,21,22,23). The van der Waals surface area contributed by atoms with Gasteiger partial charge < -0.3 is 24.8 Å². The number of anilines is 1. The molecular weight excluding hydrogens is 405 g/mol. The summed E-state index contributed by atoms with van der Waals surface area (Å²) in [6.45, 7) is 0.411. The third-order valence-electron chi connectivity index (χ3n) is 3.60. The molecule has 0 radical (unpaired) electrons. The average molecular weight is 426 g/mol. The van der Waals surface area contributed by atoms with Gasteiger partial charge in [-0.05, 0) is 33.6 Å². The van der Waals surface area contributed by atoms with Crippen molar-refractivity contribution in [2.75, 3.05) is 33.7 Å². The molecule has 0 fully saturated rings. The van der Waals surface area contributed by atoms with Crippen LogP contribution in [-0.4, -0.2) is 34.3 Å². The molecule has 2 aromatic carbocycles. The first-order valence-electron chi connectivity index (χ1n) is 7.74. The lowest BCUT2D eigenvalue weighted by atomic mass is 10.2. The van der Waals surface area contributed by atoms with Gasteiger partial charge in [0.25, 0.3) is 0 Å². The summed E-state index contributed by atoms with van der Waals surface area (Å²) in [6, 6.07) is 8.50. The van der Waals surface area contributed by atoms with Gasteiger partial charge in [0.15, 0.2) is 17.5 Å². The third kappa shape index (κ3) is 4.78. The summed E-state index contributed by atoms with van der Waals surface area (Å²) < 4.78 is 30.0. The molecule has 0 heterocycles. The monoisotopic (exact) mass is 425 g/mol. The minimum atomic E-state index is -0.308. The summed E-state index contributed by atoms with van der Waals surface area (Å²) in [4.78, 5) is 4.17. The Bertz CT molecular complexity index is 774. The van der Waals surface area contributed by atoms with E-state index in [9.17, 15) is 4.39 Å². The van der Waals surface area contributed by atoms with E-state index in [4.69, 9.17) is 14.2 Å². The molecule has 2 aromatic rings. The van der Waals surface area contributed by atoms with Crippen molar-refractivity contribution in [1.29, 1.82) is 0 Å². The van der Waals surface area contributed by atoms with Gasteiger partial charge in [-0.3, -0.25) is 4.99 Å². The van der Waals surface area contributed by atoms with E-state index in [0.29, 0.717) is 39.9 Å². The van der Waals surface area contributed by atoms with Gasteiger partial charge in [0, 0.05) is 31.4 Å². The molecule has 0 spiro atoms. The lowest BCUT2D eigenvalue weighted by molar-refractivity contribution is 0.324. The number of hydrogen-bond acceptors (Lipinski definition) is 4. The summed E-state index contributed by atoms with van der Waals surface area (Å²) in [7, 11) is 6.30. The molecule has 2 N–H and O–H groups in total. The second-order valence-corrected chi connectivity index (χ2v) is 6.07. The highest BCUT2D eigenvalue weighted by atomic mass is 79.9. The molecule has 26 heavy (non-hydrogen) atoms. The van der Waals surface area contributed by atoms with E-state index in [1.807, 2.05) is 6.07 Å². The maximum absolute atomic E-state index is 13.6. The molecule has 0 unspecified atom stereocenters. The molecule has 0 saturated carbocycles. The van der Waals surface area contributed by atoms with Gasteiger partial charge in [0.05, 0.1) is 25.8 Å². The van der Waals surface area contributed by atoms with Crippen LogP contribution < -0.4 is 24.8 Å². The SMILES string of the molecule is CN=C(NCc1ccc(Br)c(F)c1)Nc1cc(OC)c(OC)c(OC)c1.